The van der Waals surface area contributed by atoms with Gasteiger partial charge in [-0.2, -0.15) is 0 Å². The van der Waals surface area contributed by atoms with Crippen molar-refractivity contribution in [3.8, 4) is 0 Å². The highest BCUT2D eigenvalue weighted by molar-refractivity contribution is 14.1. The number of hydrogen-bond donors (Lipinski definition) is 4. The van der Waals surface area contributed by atoms with Gasteiger partial charge < -0.3 is 22.9 Å². The summed E-state index contributed by atoms with van der Waals surface area (Å²) in [5.41, 5.74) is 30.2. The Morgan fingerprint density at radius 1 is 0.297 bits per heavy atom. The van der Waals surface area contributed by atoms with Gasteiger partial charge in [-0.05, 0) is 118 Å². The summed E-state index contributed by atoms with van der Waals surface area (Å²) < 4.78 is 98.5. The Labute approximate surface area is 442 Å². The molecule has 0 unspecified atom stereocenters. The molecule has 8 N–H and O–H groups in total. The zero-order valence-corrected chi connectivity index (χ0v) is 45.6. The third-order valence-corrected chi connectivity index (χ3v) is 12.4. The van der Waals surface area contributed by atoms with Crippen molar-refractivity contribution in [3.05, 3.63) is 202 Å². The molecule has 0 saturated carbocycles. The van der Waals surface area contributed by atoms with Crippen molar-refractivity contribution in [2.45, 2.75) is 27.7 Å². The van der Waals surface area contributed by atoms with Crippen molar-refractivity contribution in [2.75, 3.05) is 0 Å². The first kappa shape index (κ1) is 59.3. The van der Waals surface area contributed by atoms with Gasteiger partial charge in [0.25, 0.3) is 0 Å². The van der Waals surface area contributed by atoms with Crippen LogP contribution in [-0.2, 0) is 0 Å². The number of thiocarbonyl (C=S) groups is 4. The third-order valence-electron chi connectivity index (χ3n) is 7.66. The second-order valence-electron chi connectivity index (χ2n) is 12.7. The maximum absolute atomic E-state index is 12.6. The van der Waals surface area contributed by atoms with E-state index >= 15 is 0 Å². The maximum Gasteiger partial charge on any atom is 0.176 e. The van der Waals surface area contributed by atoms with Gasteiger partial charge in [-0.3, -0.25) is 0 Å². The van der Waals surface area contributed by atoms with Crippen LogP contribution in [0, 0.1) is 88.5 Å². The van der Waals surface area contributed by atoms with E-state index in [4.69, 9.17) is 71.8 Å². The third kappa shape index (κ3) is 19.6. The quantitative estimate of drug-likeness (QED) is 0.0455. The number of benzene rings is 6. The van der Waals surface area contributed by atoms with Gasteiger partial charge in [0.15, 0.2) is 46.5 Å². The Bertz CT molecular complexity index is 2070. The molecular formula is C44H36F8I4N4S4. The molecule has 0 aliphatic rings. The van der Waals surface area contributed by atoms with Crippen molar-refractivity contribution >= 4 is 159 Å². The fourth-order valence-electron chi connectivity index (χ4n) is 4.03. The summed E-state index contributed by atoms with van der Waals surface area (Å²) in [5, 5.41) is 0. The molecule has 6 aromatic carbocycles. The smallest absolute Gasteiger partial charge is 0.176 e. The zero-order chi connectivity index (χ0) is 49.2. The first-order valence-electron chi connectivity index (χ1n) is 17.5. The SMILES string of the molecule is Cc1ccc(C(N)=S)cc1.Cc1ccc(C(N)=S)cc1.Cc1ccc(C(N)=S)cc1.Cc1ccc(C(N)=S)cc1.Fc1c(F)c(I)c(F)c(F)c1I.Fc1c(F)c(I)c(F)c(F)c1I. The molecule has 6 rings (SSSR count). The molecule has 0 atom stereocenters. The number of halogens is 12. The lowest BCUT2D eigenvalue weighted by molar-refractivity contribution is 0.437. The van der Waals surface area contributed by atoms with Gasteiger partial charge in [-0.15, -0.1) is 0 Å². The van der Waals surface area contributed by atoms with Gasteiger partial charge >= 0.3 is 0 Å². The summed E-state index contributed by atoms with van der Waals surface area (Å²) in [7, 11) is 0. The molecule has 0 amide bonds. The van der Waals surface area contributed by atoms with Gasteiger partial charge in [0.2, 0.25) is 0 Å². The van der Waals surface area contributed by atoms with Gasteiger partial charge in [-0.25, -0.2) is 35.1 Å². The van der Waals surface area contributed by atoms with E-state index in [1.807, 2.05) is 125 Å². The van der Waals surface area contributed by atoms with Crippen LogP contribution in [0.3, 0.4) is 0 Å². The van der Waals surface area contributed by atoms with Crippen LogP contribution < -0.4 is 22.9 Å². The molecule has 0 fully saturated rings. The molecule has 0 aliphatic carbocycles. The van der Waals surface area contributed by atoms with Crippen molar-refractivity contribution in [1.29, 1.82) is 0 Å². The number of nitrogens with two attached hydrogens (primary N) is 4. The highest BCUT2D eigenvalue weighted by Crippen LogP contribution is 2.27. The summed E-state index contributed by atoms with van der Waals surface area (Å²) in [6.07, 6.45) is 0. The van der Waals surface area contributed by atoms with Gasteiger partial charge in [0, 0.05) is 22.3 Å². The number of aryl methyl sites for hydroxylation is 4. The van der Waals surface area contributed by atoms with Crippen molar-refractivity contribution in [1.82, 2.24) is 0 Å². The van der Waals surface area contributed by atoms with Crippen LogP contribution in [0.4, 0.5) is 35.1 Å². The lowest BCUT2D eigenvalue weighted by Crippen LogP contribution is -2.08. The molecule has 0 aromatic heterocycles. The van der Waals surface area contributed by atoms with Crippen LogP contribution in [0.5, 0.6) is 0 Å². The van der Waals surface area contributed by atoms with E-state index in [2.05, 4.69) is 0 Å². The molecule has 4 nitrogen and oxygen atoms in total. The second kappa shape index (κ2) is 29.1. The zero-order valence-electron chi connectivity index (χ0n) is 33.7. The largest absolute Gasteiger partial charge is 0.389 e. The van der Waals surface area contributed by atoms with Gasteiger partial charge in [0.05, 0.1) is 14.3 Å². The maximum atomic E-state index is 12.6. The Hall–Kier alpha value is -2.76. The van der Waals surface area contributed by atoms with E-state index in [9.17, 15) is 35.1 Å². The molecular weight excluding hydrogens is 1370 g/mol. The predicted octanol–water partition coefficient (Wildman–Crippen LogP) is 13.4. The van der Waals surface area contributed by atoms with Crippen molar-refractivity contribution in [2.24, 2.45) is 22.9 Å². The first-order valence-corrected chi connectivity index (χ1v) is 23.5. The minimum absolute atomic E-state index is 0.458. The van der Waals surface area contributed by atoms with Crippen LogP contribution in [0.2, 0.25) is 0 Å². The molecule has 0 bridgehead atoms. The molecule has 0 saturated heterocycles. The number of hydrogen-bond acceptors (Lipinski definition) is 4. The van der Waals surface area contributed by atoms with E-state index in [1.54, 1.807) is 0 Å². The fraction of sp³-hybridized carbons (Fsp3) is 0.0909. The molecule has 0 aliphatic heterocycles. The first-order chi connectivity index (χ1) is 29.7. The molecule has 0 heterocycles. The van der Waals surface area contributed by atoms with Crippen LogP contribution in [0.1, 0.15) is 44.5 Å². The minimum atomic E-state index is -1.35. The standard InChI is InChI=1S/4C8H9NS.2C6F4I2/c4*1-6-2-4-7(5-3-6)8(9)10;2*7-1-2(8)6(12)4(10)3(9)5(1)11/h4*2-5H,1H3,(H2,9,10);;. The summed E-state index contributed by atoms with van der Waals surface area (Å²) in [5.74, 6) is -10.8. The van der Waals surface area contributed by atoms with Gasteiger partial charge in [-0.1, -0.05) is 168 Å². The molecule has 0 radical (unpaired) electrons. The second-order valence-corrected chi connectivity index (χ2v) is 18.8. The summed E-state index contributed by atoms with van der Waals surface area (Å²) in [6.45, 7) is 8.12. The van der Waals surface area contributed by atoms with Crippen LogP contribution in [0.15, 0.2) is 97.1 Å². The average molecular weight is 1410 g/mol. The van der Waals surface area contributed by atoms with Crippen LogP contribution in [-0.4, -0.2) is 20.0 Å². The summed E-state index contributed by atoms with van der Waals surface area (Å²) in [4.78, 5) is 1.83. The Morgan fingerprint density at radius 3 is 0.500 bits per heavy atom. The Balaban J connectivity index is 0.000000385. The normalized spacial score (nSPS) is 9.75. The fourth-order valence-corrected chi connectivity index (χ4v) is 6.47. The summed E-state index contributed by atoms with van der Waals surface area (Å²) >= 11 is 23.9. The minimum Gasteiger partial charge on any atom is -0.389 e. The number of rotatable bonds is 4. The molecule has 6 aromatic rings. The molecule has 20 heteroatoms. The Kier molecular flexibility index (Phi) is 26.9. The van der Waals surface area contributed by atoms with Crippen LogP contribution >= 0.6 is 139 Å². The van der Waals surface area contributed by atoms with E-state index in [0.717, 1.165) is 22.3 Å². The lowest BCUT2D eigenvalue weighted by Gasteiger charge is -2.02. The van der Waals surface area contributed by atoms with E-state index in [0.29, 0.717) is 20.0 Å². The summed E-state index contributed by atoms with van der Waals surface area (Å²) in [6, 6.07) is 31.4. The van der Waals surface area contributed by atoms with Crippen molar-refractivity contribution in [3.63, 3.8) is 0 Å². The van der Waals surface area contributed by atoms with Gasteiger partial charge in [0.1, 0.15) is 20.0 Å². The molecule has 0 spiro atoms. The van der Waals surface area contributed by atoms with E-state index in [1.165, 1.54) is 113 Å². The monoisotopic (exact) mass is 1410 g/mol. The van der Waals surface area contributed by atoms with Crippen LogP contribution in [0.25, 0.3) is 0 Å². The molecule has 340 valence electrons. The molecule has 64 heavy (non-hydrogen) atoms. The topological polar surface area (TPSA) is 104 Å². The van der Waals surface area contributed by atoms with Crippen molar-refractivity contribution < 1.29 is 35.1 Å². The highest BCUT2D eigenvalue weighted by atomic mass is 127. The lowest BCUT2D eigenvalue weighted by atomic mass is 10.1. The average Bonchev–Trinajstić information content (AvgIpc) is 3.26. The Morgan fingerprint density at radius 2 is 0.406 bits per heavy atom. The highest BCUT2D eigenvalue weighted by Gasteiger charge is 2.23. The van der Waals surface area contributed by atoms with E-state index in [-0.39, 0.29) is 0 Å². The predicted molar refractivity (Wildman–Crippen MR) is 292 cm³/mol. The van der Waals surface area contributed by atoms with E-state index < -0.39 is 60.8 Å².